The Morgan fingerprint density at radius 3 is 2.21 bits per heavy atom. The molecule has 0 aliphatic carbocycles. The molecule has 0 unspecified atom stereocenters. The highest BCUT2D eigenvalue weighted by molar-refractivity contribution is 8.17. The van der Waals surface area contributed by atoms with Gasteiger partial charge in [0.2, 0.25) is 0 Å². The van der Waals surface area contributed by atoms with Crippen LogP contribution < -0.4 is 0 Å². The maximum atomic E-state index is 9.68. The molecule has 6 heteroatoms. The van der Waals surface area contributed by atoms with Gasteiger partial charge in [-0.3, -0.25) is 0 Å². The van der Waals surface area contributed by atoms with Crippen LogP contribution in [0.15, 0.2) is 0 Å². The van der Waals surface area contributed by atoms with Crippen LogP contribution in [0.2, 0.25) is 0 Å². The van der Waals surface area contributed by atoms with Crippen LogP contribution in [0.1, 0.15) is 6.42 Å². The van der Waals surface area contributed by atoms with Gasteiger partial charge in [-0.2, -0.15) is 0 Å². The minimum atomic E-state index is -1.26. The number of hydrogen-bond donors (Lipinski definition) is 4. The Kier molecular flexibility index (Phi) is 5.58. The fourth-order valence-corrected chi connectivity index (χ4v) is 4.15. The minimum absolute atomic E-state index is 0.0973. The van der Waals surface area contributed by atoms with Crippen LogP contribution in [-0.4, -0.2) is 61.4 Å². The number of aliphatic hydroxyl groups is 4. The van der Waals surface area contributed by atoms with E-state index >= 15 is 0 Å². The molecule has 14 heavy (non-hydrogen) atoms. The van der Waals surface area contributed by atoms with Crippen molar-refractivity contribution in [3.63, 3.8) is 0 Å². The van der Waals surface area contributed by atoms with Crippen LogP contribution in [-0.2, 0) is 0 Å². The summed E-state index contributed by atoms with van der Waals surface area (Å²) < 4.78 is -0.0973. The second-order valence-electron chi connectivity index (χ2n) is 3.19. The molecular weight excluding hydrogens is 224 g/mol. The molecule has 4 N–H and O–H groups in total. The number of rotatable bonds is 4. The zero-order chi connectivity index (χ0) is 10.6. The summed E-state index contributed by atoms with van der Waals surface area (Å²) >= 11 is 3.18. The first-order chi connectivity index (χ1) is 6.66. The van der Waals surface area contributed by atoms with E-state index in [2.05, 4.69) is 0 Å². The first-order valence-electron chi connectivity index (χ1n) is 4.55. The summed E-state index contributed by atoms with van der Waals surface area (Å²) in [6.45, 7) is -0.527. The van der Waals surface area contributed by atoms with Gasteiger partial charge in [0.05, 0.1) is 11.2 Å². The summed E-state index contributed by atoms with van der Waals surface area (Å²) in [6, 6.07) is 0. The van der Waals surface area contributed by atoms with Crippen LogP contribution in [0, 0.1) is 0 Å². The number of thioether (sulfide) groups is 2. The van der Waals surface area contributed by atoms with Crippen LogP contribution in [0.4, 0.5) is 0 Å². The molecular formula is C8H16O4S2. The highest BCUT2D eigenvalue weighted by Gasteiger charge is 2.32. The van der Waals surface area contributed by atoms with Crippen LogP contribution in [0.25, 0.3) is 0 Å². The average molecular weight is 240 g/mol. The Labute approximate surface area is 91.7 Å². The standard InChI is InChI=1S/C8H16O4S2/c9-4-5(10)6(11)7(12)8-13-2-1-3-14-8/h5-12H,1-4H2/t5-,6-,7-/m1/s1. The van der Waals surface area contributed by atoms with E-state index in [-0.39, 0.29) is 4.58 Å². The second kappa shape index (κ2) is 6.19. The van der Waals surface area contributed by atoms with E-state index in [1.807, 2.05) is 0 Å². The molecule has 0 bridgehead atoms. The summed E-state index contributed by atoms with van der Waals surface area (Å²) in [5.74, 6) is 1.94. The molecule has 1 aliphatic rings. The lowest BCUT2D eigenvalue weighted by molar-refractivity contribution is -0.0706. The van der Waals surface area contributed by atoms with E-state index in [4.69, 9.17) is 10.2 Å². The smallest absolute Gasteiger partial charge is 0.110 e. The van der Waals surface area contributed by atoms with Gasteiger partial charge in [0, 0.05) is 0 Å². The van der Waals surface area contributed by atoms with Crippen molar-refractivity contribution in [1.82, 2.24) is 0 Å². The summed E-state index contributed by atoms with van der Waals surface area (Å²) in [6.07, 6.45) is -2.39. The molecule has 0 spiro atoms. The van der Waals surface area contributed by atoms with Gasteiger partial charge < -0.3 is 20.4 Å². The summed E-state index contributed by atoms with van der Waals surface area (Å²) in [4.78, 5) is 0. The molecule has 1 rings (SSSR count). The Morgan fingerprint density at radius 2 is 1.71 bits per heavy atom. The zero-order valence-corrected chi connectivity index (χ0v) is 9.38. The molecule has 3 atom stereocenters. The molecule has 1 fully saturated rings. The van der Waals surface area contributed by atoms with Gasteiger partial charge in [-0.25, -0.2) is 0 Å². The van der Waals surface area contributed by atoms with Gasteiger partial charge in [-0.1, -0.05) is 0 Å². The highest BCUT2D eigenvalue weighted by Crippen LogP contribution is 2.34. The Hall–Kier alpha value is 0.540. The van der Waals surface area contributed by atoms with E-state index in [1.54, 1.807) is 23.5 Å². The lowest BCUT2D eigenvalue weighted by atomic mass is 10.1. The first kappa shape index (κ1) is 12.6. The van der Waals surface area contributed by atoms with Gasteiger partial charge >= 0.3 is 0 Å². The third kappa shape index (κ3) is 3.29. The van der Waals surface area contributed by atoms with Crippen molar-refractivity contribution in [2.75, 3.05) is 18.1 Å². The molecule has 0 amide bonds. The van der Waals surface area contributed by atoms with Crippen molar-refractivity contribution in [2.45, 2.75) is 29.3 Å². The summed E-state index contributed by atoms with van der Waals surface area (Å²) in [5.41, 5.74) is 0. The van der Waals surface area contributed by atoms with Crippen LogP contribution >= 0.6 is 23.5 Å². The molecule has 0 radical (unpaired) electrons. The quantitative estimate of drug-likeness (QED) is 0.518. The largest absolute Gasteiger partial charge is 0.394 e. The molecule has 4 nitrogen and oxygen atoms in total. The number of aliphatic hydroxyl groups excluding tert-OH is 4. The van der Waals surface area contributed by atoms with E-state index in [1.165, 1.54) is 0 Å². The first-order valence-corrected chi connectivity index (χ1v) is 6.65. The normalized spacial score (nSPS) is 25.7. The van der Waals surface area contributed by atoms with Crippen molar-refractivity contribution in [1.29, 1.82) is 0 Å². The summed E-state index contributed by atoms with van der Waals surface area (Å²) in [7, 11) is 0. The Bertz CT molecular complexity index is 161. The summed E-state index contributed by atoms with van der Waals surface area (Å²) in [5, 5.41) is 36.9. The van der Waals surface area contributed by atoms with Crippen LogP contribution in [0.3, 0.4) is 0 Å². The molecule has 0 aromatic rings. The van der Waals surface area contributed by atoms with Crippen molar-refractivity contribution in [2.24, 2.45) is 0 Å². The SMILES string of the molecule is OC[C@@H](O)[C@@H](O)[C@@H](O)C1SCCCS1. The monoisotopic (exact) mass is 240 g/mol. The molecule has 1 aliphatic heterocycles. The third-order valence-corrected chi connectivity index (χ3v) is 5.14. The fourth-order valence-electron chi connectivity index (χ4n) is 1.20. The lowest BCUT2D eigenvalue weighted by Gasteiger charge is -2.30. The predicted octanol–water partition coefficient (Wildman–Crippen LogP) is -0.742. The lowest BCUT2D eigenvalue weighted by Crippen LogP contribution is -2.44. The second-order valence-corrected chi connectivity index (χ2v) is 5.99. The van der Waals surface area contributed by atoms with E-state index in [0.29, 0.717) is 0 Å². The molecule has 1 heterocycles. The molecule has 84 valence electrons. The van der Waals surface area contributed by atoms with Crippen molar-refractivity contribution in [3.05, 3.63) is 0 Å². The fraction of sp³-hybridized carbons (Fsp3) is 1.00. The maximum Gasteiger partial charge on any atom is 0.110 e. The van der Waals surface area contributed by atoms with Gasteiger partial charge in [0.25, 0.3) is 0 Å². The van der Waals surface area contributed by atoms with Gasteiger partial charge in [0.1, 0.15) is 18.3 Å². The topological polar surface area (TPSA) is 80.9 Å². The van der Waals surface area contributed by atoms with E-state index in [0.717, 1.165) is 17.9 Å². The Balaban J connectivity index is 2.41. The van der Waals surface area contributed by atoms with Crippen molar-refractivity contribution in [3.8, 4) is 0 Å². The van der Waals surface area contributed by atoms with E-state index < -0.39 is 24.9 Å². The third-order valence-electron chi connectivity index (χ3n) is 2.06. The minimum Gasteiger partial charge on any atom is -0.394 e. The average Bonchev–Trinajstić information content (AvgIpc) is 2.27. The highest BCUT2D eigenvalue weighted by atomic mass is 32.2. The van der Waals surface area contributed by atoms with Gasteiger partial charge in [-0.15, -0.1) is 23.5 Å². The molecule has 1 saturated heterocycles. The molecule has 0 aromatic heterocycles. The molecule has 0 aromatic carbocycles. The predicted molar refractivity (Wildman–Crippen MR) is 58.4 cm³/mol. The van der Waals surface area contributed by atoms with Crippen molar-refractivity contribution >= 4 is 23.5 Å². The zero-order valence-electron chi connectivity index (χ0n) is 7.74. The van der Waals surface area contributed by atoms with Gasteiger partial charge in [0.15, 0.2) is 0 Å². The van der Waals surface area contributed by atoms with Gasteiger partial charge in [-0.05, 0) is 17.9 Å². The van der Waals surface area contributed by atoms with Crippen molar-refractivity contribution < 1.29 is 20.4 Å². The maximum absolute atomic E-state index is 9.68. The Morgan fingerprint density at radius 1 is 1.14 bits per heavy atom. The van der Waals surface area contributed by atoms with E-state index in [9.17, 15) is 10.2 Å². The number of hydrogen-bond acceptors (Lipinski definition) is 6. The van der Waals surface area contributed by atoms with Crippen LogP contribution in [0.5, 0.6) is 0 Å². The molecule has 0 saturated carbocycles.